The molecule has 0 bridgehead atoms. The fourth-order valence-electron chi connectivity index (χ4n) is 2.93. The molecule has 1 heterocycles. The number of aliphatic hydroxyl groups excluding tert-OH is 2. The number of nitrogens with zero attached hydrogens (tertiary/aromatic N) is 2. The third kappa shape index (κ3) is 3.31. The zero-order chi connectivity index (χ0) is 18.0. The maximum Gasteiger partial charge on any atom is 0.140 e. The van der Waals surface area contributed by atoms with E-state index in [4.69, 9.17) is 11.6 Å². The van der Waals surface area contributed by atoms with E-state index >= 15 is 0 Å². The van der Waals surface area contributed by atoms with Crippen molar-refractivity contribution in [1.29, 1.82) is 0 Å². The molecular weight excluding hydrogens is 336 g/mol. The molecule has 0 saturated heterocycles. The molecule has 4 nitrogen and oxygen atoms in total. The van der Waals surface area contributed by atoms with Crippen molar-refractivity contribution in [3.8, 4) is 11.1 Å². The van der Waals surface area contributed by atoms with Gasteiger partial charge in [0.1, 0.15) is 11.6 Å². The molecule has 128 valence electrons. The van der Waals surface area contributed by atoms with E-state index in [1.807, 2.05) is 49.5 Å². The topological polar surface area (TPSA) is 56.6 Å². The number of halogens is 1. The Hall–Kier alpha value is -2.56. The number of rotatable bonds is 5. The first kappa shape index (κ1) is 17.3. The molecule has 0 aliphatic carbocycles. The zero-order valence-electron chi connectivity index (χ0n) is 13.9. The molecule has 3 aromatic rings. The molecule has 1 aromatic heterocycles. The zero-order valence-corrected chi connectivity index (χ0v) is 14.7. The molecule has 0 saturated carbocycles. The smallest absolute Gasteiger partial charge is 0.140 e. The fraction of sp³-hybridized carbons (Fsp3) is 0.150. The van der Waals surface area contributed by atoms with Gasteiger partial charge >= 0.3 is 0 Å². The lowest BCUT2D eigenvalue weighted by atomic mass is 9.94. The van der Waals surface area contributed by atoms with Crippen LogP contribution in [0, 0.1) is 0 Å². The number of benzene rings is 2. The Morgan fingerprint density at radius 3 is 2.56 bits per heavy atom. The van der Waals surface area contributed by atoms with E-state index in [1.165, 1.54) is 0 Å². The van der Waals surface area contributed by atoms with Gasteiger partial charge in [-0.25, -0.2) is 4.98 Å². The maximum atomic E-state index is 10.3. The van der Waals surface area contributed by atoms with Crippen LogP contribution in [0.2, 0.25) is 5.02 Å². The molecule has 2 N–H and O–H groups in total. The number of fused-ring (bicyclic) bond motifs is 1. The molecule has 0 spiro atoms. The van der Waals surface area contributed by atoms with Crippen molar-refractivity contribution in [1.82, 2.24) is 4.98 Å². The summed E-state index contributed by atoms with van der Waals surface area (Å²) >= 11 is 6.21. The summed E-state index contributed by atoms with van der Waals surface area (Å²) in [6.07, 6.45) is 0. The number of aromatic nitrogens is 1. The molecule has 0 atom stereocenters. The van der Waals surface area contributed by atoms with Crippen LogP contribution in [0.4, 0.5) is 5.82 Å². The molecule has 25 heavy (non-hydrogen) atoms. The summed E-state index contributed by atoms with van der Waals surface area (Å²) in [6, 6.07) is 15.2. The maximum absolute atomic E-state index is 10.3. The van der Waals surface area contributed by atoms with Crippen LogP contribution in [0.5, 0.6) is 0 Å². The molecular formula is C20H19ClN2O2. The Morgan fingerprint density at radius 2 is 1.92 bits per heavy atom. The van der Waals surface area contributed by atoms with Crippen LogP contribution in [0.1, 0.15) is 5.56 Å². The quantitative estimate of drug-likeness (QED) is 0.662. The molecule has 0 aliphatic rings. The molecule has 0 fully saturated rings. The van der Waals surface area contributed by atoms with E-state index in [-0.39, 0.29) is 12.4 Å². The molecule has 0 amide bonds. The average Bonchev–Trinajstić information content (AvgIpc) is 2.61. The number of hydrogen-bond acceptors (Lipinski definition) is 4. The van der Waals surface area contributed by atoms with E-state index in [2.05, 4.69) is 11.6 Å². The van der Waals surface area contributed by atoms with E-state index < -0.39 is 0 Å². The normalized spacial score (nSPS) is 10.8. The second-order valence-electron chi connectivity index (χ2n) is 5.80. The Bertz CT molecular complexity index is 926. The fourth-order valence-corrected chi connectivity index (χ4v) is 3.10. The second kappa shape index (κ2) is 7.13. The largest absolute Gasteiger partial charge is 0.508 e. The van der Waals surface area contributed by atoms with Crippen molar-refractivity contribution in [2.75, 3.05) is 25.1 Å². The van der Waals surface area contributed by atoms with E-state index in [1.54, 1.807) is 11.0 Å². The van der Waals surface area contributed by atoms with E-state index in [9.17, 15) is 10.2 Å². The van der Waals surface area contributed by atoms with Crippen LogP contribution >= 0.6 is 11.6 Å². The van der Waals surface area contributed by atoms with Gasteiger partial charge in [-0.3, -0.25) is 0 Å². The number of likely N-dealkylation sites (N-methyl/N-ethyl adjacent to an activating group) is 1. The van der Waals surface area contributed by atoms with Gasteiger partial charge in [0, 0.05) is 29.6 Å². The second-order valence-corrected chi connectivity index (χ2v) is 6.24. The van der Waals surface area contributed by atoms with Crippen LogP contribution in [0.15, 0.2) is 55.1 Å². The van der Waals surface area contributed by atoms with Crippen molar-refractivity contribution in [3.05, 3.63) is 65.7 Å². The lowest BCUT2D eigenvalue weighted by Crippen LogP contribution is -2.24. The summed E-state index contributed by atoms with van der Waals surface area (Å²) in [7, 11) is 1.82. The van der Waals surface area contributed by atoms with Gasteiger partial charge in [-0.15, -0.1) is 0 Å². The Morgan fingerprint density at radius 1 is 1.20 bits per heavy atom. The lowest BCUT2D eigenvalue weighted by molar-refractivity contribution is 0.304. The van der Waals surface area contributed by atoms with Gasteiger partial charge in [0.2, 0.25) is 0 Å². The Labute approximate surface area is 151 Å². The van der Waals surface area contributed by atoms with Gasteiger partial charge in [-0.05, 0) is 23.8 Å². The van der Waals surface area contributed by atoms with Crippen LogP contribution < -0.4 is 4.90 Å². The highest BCUT2D eigenvalue weighted by Gasteiger charge is 2.21. The van der Waals surface area contributed by atoms with Gasteiger partial charge in [0.25, 0.3) is 0 Å². The summed E-state index contributed by atoms with van der Waals surface area (Å²) < 4.78 is 0. The van der Waals surface area contributed by atoms with Crippen molar-refractivity contribution < 1.29 is 10.2 Å². The predicted molar refractivity (Wildman–Crippen MR) is 104 cm³/mol. The van der Waals surface area contributed by atoms with Gasteiger partial charge in [-0.1, -0.05) is 48.5 Å². The summed E-state index contributed by atoms with van der Waals surface area (Å²) in [5, 5.41) is 21.1. The van der Waals surface area contributed by atoms with Gasteiger partial charge < -0.3 is 15.1 Å². The Kier molecular flexibility index (Phi) is 4.93. The summed E-state index contributed by atoms with van der Waals surface area (Å²) in [6.45, 7) is 4.11. The molecule has 0 aliphatic heterocycles. The first-order valence-electron chi connectivity index (χ1n) is 7.92. The van der Waals surface area contributed by atoms with Crippen molar-refractivity contribution >= 4 is 34.1 Å². The summed E-state index contributed by atoms with van der Waals surface area (Å²) in [5.41, 5.74) is 3.05. The third-order valence-corrected chi connectivity index (χ3v) is 4.31. The first-order valence-corrected chi connectivity index (χ1v) is 8.29. The monoisotopic (exact) mass is 354 g/mol. The van der Waals surface area contributed by atoms with Gasteiger partial charge in [-0.2, -0.15) is 0 Å². The standard InChI is InChI=1S/C20H19ClN2O2/c1-13(25)18-19(14-6-4-3-5-7-14)16-12-15(21)8-9-17(16)22-20(18)23(2)10-11-24/h3-9,12,24-25H,1,10-11H2,2H3. The highest BCUT2D eigenvalue weighted by atomic mass is 35.5. The minimum atomic E-state index is -0.0759. The SMILES string of the molecule is C=C(O)c1c(N(C)CCO)nc2ccc(Cl)cc2c1-c1ccccc1. The summed E-state index contributed by atoms with van der Waals surface area (Å²) in [4.78, 5) is 6.48. The van der Waals surface area contributed by atoms with Crippen molar-refractivity contribution in [2.45, 2.75) is 0 Å². The van der Waals surface area contributed by atoms with E-state index in [0.717, 1.165) is 22.0 Å². The highest BCUT2D eigenvalue weighted by Crippen LogP contribution is 2.39. The van der Waals surface area contributed by atoms with Crippen molar-refractivity contribution in [3.63, 3.8) is 0 Å². The minimum absolute atomic E-state index is 0.0190. The number of hydrogen-bond donors (Lipinski definition) is 2. The molecule has 2 aromatic carbocycles. The minimum Gasteiger partial charge on any atom is -0.508 e. The number of aliphatic hydroxyl groups is 2. The molecule has 3 rings (SSSR count). The van der Waals surface area contributed by atoms with Crippen LogP contribution in [0.25, 0.3) is 27.8 Å². The predicted octanol–water partition coefficient (Wildman–Crippen LogP) is 4.51. The average molecular weight is 355 g/mol. The Balaban J connectivity index is 2.44. The number of anilines is 1. The molecule has 0 radical (unpaired) electrons. The van der Waals surface area contributed by atoms with Gasteiger partial charge in [0.15, 0.2) is 0 Å². The van der Waals surface area contributed by atoms with Crippen LogP contribution in [0.3, 0.4) is 0 Å². The van der Waals surface area contributed by atoms with Crippen molar-refractivity contribution in [2.24, 2.45) is 0 Å². The van der Waals surface area contributed by atoms with Gasteiger partial charge in [0.05, 0.1) is 17.7 Å². The number of pyridine rings is 1. The highest BCUT2D eigenvalue weighted by molar-refractivity contribution is 6.31. The third-order valence-electron chi connectivity index (χ3n) is 4.08. The first-order chi connectivity index (χ1) is 12.0. The lowest BCUT2D eigenvalue weighted by Gasteiger charge is -2.23. The van der Waals surface area contributed by atoms with Crippen LogP contribution in [-0.4, -0.2) is 35.4 Å². The molecule has 5 heteroatoms. The van der Waals surface area contributed by atoms with Crippen LogP contribution in [-0.2, 0) is 0 Å². The van der Waals surface area contributed by atoms with E-state index in [0.29, 0.717) is 22.9 Å². The molecule has 0 unspecified atom stereocenters. The summed E-state index contributed by atoms with van der Waals surface area (Å²) in [5.74, 6) is 0.489.